The Balaban J connectivity index is 1.65. The summed E-state index contributed by atoms with van der Waals surface area (Å²) in [5.41, 5.74) is 1.06. The summed E-state index contributed by atoms with van der Waals surface area (Å²) in [5, 5.41) is 0. The average molecular weight is 327 g/mol. The molecular formula is C15H22FN3O2S. The van der Waals surface area contributed by atoms with Crippen LogP contribution in [0.2, 0.25) is 0 Å². The maximum atomic E-state index is 15.2. The van der Waals surface area contributed by atoms with Crippen LogP contribution in [0, 0.1) is 6.92 Å². The number of hydrogen-bond donors (Lipinski definition) is 0. The topological polar surface area (TPSA) is 45.7 Å². The van der Waals surface area contributed by atoms with E-state index in [4.69, 9.17) is 4.74 Å². The Morgan fingerprint density at radius 1 is 1.45 bits per heavy atom. The highest BCUT2D eigenvalue weighted by atomic mass is 32.1. The first-order valence-corrected chi connectivity index (χ1v) is 8.64. The molecular weight excluding hydrogens is 305 g/mol. The third-order valence-corrected chi connectivity index (χ3v) is 5.34. The summed E-state index contributed by atoms with van der Waals surface area (Å²) < 4.78 is 20.5. The predicted octanol–water partition coefficient (Wildman–Crippen LogP) is 1.61. The van der Waals surface area contributed by atoms with Gasteiger partial charge < -0.3 is 9.64 Å². The summed E-state index contributed by atoms with van der Waals surface area (Å²) in [4.78, 5) is 21.6. The standard InChI is InChI=1S/C15H22FN3O2S/c1-12-13(22-11-17-12)9-18-4-2-3-15(16,10-18)14(20)19-5-7-21-8-6-19/h11H,2-10H2,1H3. The molecule has 0 radical (unpaired) electrons. The smallest absolute Gasteiger partial charge is 0.261 e. The van der Waals surface area contributed by atoms with Gasteiger partial charge in [-0.05, 0) is 26.3 Å². The number of likely N-dealkylation sites (tertiary alicyclic amines) is 1. The van der Waals surface area contributed by atoms with Gasteiger partial charge in [-0.3, -0.25) is 9.69 Å². The molecule has 1 amide bonds. The Kier molecular flexibility index (Phi) is 4.75. The van der Waals surface area contributed by atoms with E-state index in [2.05, 4.69) is 4.98 Å². The Morgan fingerprint density at radius 3 is 2.91 bits per heavy atom. The number of carbonyl (C=O) groups excluding carboxylic acids is 1. The molecule has 3 rings (SSSR count). The van der Waals surface area contributed by atoms with E-state index in [9.17, 15) is 4.79 Å². The zero-order chi connectivity index (χ0) is 15.6. The van der Waals surface area contributed by atoms with Crippen LogP contribution in [0.4, 0.5) is 4.39 Å². The molecule has 0 aromatic carbocycles. The highest BCUT2D eigenvalue weighted by molar-refractivity contribution is 7.09. The summed E-state index contributed by atoms with van der Waals surface area (Å²) >= 11 is 1.59. The molecule has 3 heterocycles. The molecule has 122 valence electrons. The van der Waals surface area contributed by atoms with E-state index in [1.165, 1.54) is 0 Å². The molecule has 0 spiro atoms. The van der Waals surface area contributed by atoms with Crippen LogP contribution in [0.1, 0.15) is 23.4 Å². The van der Waals surface area contributed by atoms with E-state index in [-0.39, 0.29) is 12.5 Å². The second-order valence-corrected chi connectivity index (χ2v) is 6.98. The van der Waals surface area contributed by atoms with Crippen molar-refractivity contribution in [1.29, 1.82) is 0 Å². The molecule has 1 atom stereocenters. The minimum Gasteiger partial charge on any atom is -0.378 e. The first-order chi connectivity index (χ1) is 10.6. The van der Waals surface area contributed by atoms with Crippen LogP contribution in [0.15, 0.2) is 5.51 Å². The summed E-state index contributed by atoms with van der Waals surface area (Å²) in [6.07, 6.45) is 1.03. The number of amides is 1. The number of hydrogen-bond acceptors (Lipinski definition) is 5. The Labute approximate surface area is 134 Å². The molecule has 1 aromatic heterocycles. The lowest BCUT2D eigenvalue weighted by Gasteiger charge is -2.39. The number of nitrogens with zero attached hydrogens (tertiary/aromatic N) is 3. The number of rotatable bonds is 3. The first kappa shape index (κ1) is 15.8. The number of aryl methyl sites for hydroxylation is 1. The third kappa shape index (κ3) is 3.31. The van der Waals surface area contributed by atoms with E-state index in [1.54, 1.807) is 16.2 Å². The van der Waals surface area contributed by atoms with E-state index < -0.39 is 5.67 Å². The van der Waals surface area contributed by atoms with Crippen LogP contribution in [0.3, 0.4) is 0 Å². The normalized spacial score (nSPS) is 27.1. The van der Waals surface area contributed by atoms with Gasteiger partial charge in [-0.2, -0.15) is 0 Å². The van der Waals surface area contributed by atoms with Gasteiger partial charge in [0.1, 0.15) is 0 Å². The number of thiazole rings is 1. The zero-order valence-corrected chi connectivity index (χ0v) is 13.7. The summed E-state index contributed by atoms with van der Waals surface area (Å²) in [5.74, 6) is -0.360. The number of carbonyl (C=O) groups is 1. The molecule has 2 aliphatic heterocycles. The van der Waals surface area contributed by atoms with Crippen LogP contribution in [0.25, 0.3) is 0 Å². The van der Waals surface area contributed by atoms with Gasteiger partial charge in [0.05, 0.1) is 24.4 Å². The van der Waals surface area contributed by atoms with Gasteiger partial charge in [0, 0.05) is 31.1 Å². The van der Waals surface area contributed by atoms with Gasteiger partial charge >= 0.3 is 0 Å². The summed E-state index contributed by atoms with van der Waals surface area (Å²) in [7, 11) is 0. The van der Waals surface area contributed by atoms with Crippen molar-refractivity contribution in [1.82, 2.24) is 14.8 Å². The van der Waals surface area contributed by atoms with Gasteiger partial charge in [-0.1, -0.05) is 0 Å². The lowest BCUT2D eigenvalue weighted by Crippen LogP contribution is -2.57. The Morgan fingerprint density at radius 2 is 2.23 bits per heavy atom. The lowest BCUT2D eigenvalue weighted by atomic mass is 9.92. The van der Waals surface area contributed by atoms with Gasteiger partial charge in [0.2, 0.25) is 5.67 Å². The molecule has 7 heteroatoms. The van der Waals surface area contributed by atoms with Crippen molar-refractivity contribution in [3.05, 3.63) is 16.1 Å². The summed E-state index contributed by atoms with van der Waals surface area (Å²) in [6, 6.07) is 0. The lowest BCUT2D eigenvalue weighted by molar-refractivity contribution is -0.152. The minimum atomic E-state index is -1.76. The molecule has 0 saturated carbocycles. The number of ether oxygens (including phenoxy) is 1. The van der Waals surface area contributed by atoms with Crippen LogP contribution in [-0.2, 0) is 16.1 Å². The highest BCUT2D eigenvalue weighted by Gasteiger charge is 2.45. The first-order valence-electron chi connectivity index (χ1n) is 7.76. The number of morpholine rings is 1. The Bertz CT molecular complexity index is 533. The summed E-state index contributed by atoms with van der Waals surface area (Å²) in [6.45, 7) is 5.67. The second-order valence-electron chi connectivity index (χ2n) is 6.05. The molecule has 1 unspecified atom stereocenters. The van der Waals surface area contributed by atoms with Crippen molar-refractivity contribution in [3.8, 4) is 0 Å². The quantitative estimate of drug-likeness (QED) is 0.846. The molecule has 2 fully saturated rings. The number of halogens is 1. The van der Waals surface area contributed by atoms with Crippen molar-refractivity contribution in [2.45, 2.75) is 32.0 Å². The van der Waals surface area contributed by atoms with Gasteiger partial charge in [0.15, 0.2) is 0 Å². The molecule has 0 aliphatic carbocycles. The van der Waals surface area contributed by atoms with Crippen LogP contribution < -0.4 is 0 Å². The average Bonchev–Trinajstić information content (AvgIpc) is 2.93. The van der Waals surface area contributed by atoms with E-state index in [0.717, 1.165) is 17.1 Å². The highest BCUT2D eigenvalue weighted by Crippen LogP contribution is 2.29. The predicted molar refractivity (Wildman–Crippen MR) is 82.6 cm³/mol. The van der Waals surface area contributed by atoms with Crippen molar-refractivity contribution < 1.29 is 13.9 Å². The molecule has 5 nitrogen and oxygen atoms in total. The largest absolute Gasteiger partial charge is 0.378 e. The van der Waals surface area contributed by atoms with Crippen molar-refractivity contribution >= 4 is 17.2 Å². The van der Waals surface area contributed by atoms with Crippen LogP contribution in [-0.4, -0.2) is 65.8 Å². The fraction of sp³-hybridized carbons (Fsp3) is 0.733. The molecule has 0 bridgehead atoms. The molecule has 2 saturated heterocycles. The fourth-order valence-corrected chi connectivity index (χ4v) is 3.95. The van der Waals surface area contributed by atoms with Gasteiger partial charge in [-0.25, -0.2) is 9.37 Å². The van der Waals surface area contributed by atoms with Crippen LogP contribution >= 0.6 is 11.3 Å². The van der Waals surface area contributed by atoms with Crippen molar-refractivity contribution in [3.63, 3.8) is 0 Å². The minimum absolute atomic E-state index is 0.181. The zero-order valence-electron chi connectivity index (χ0n) is 12.9. The molecule has 2 aliphatic rings. The number of piperidine rings is 1. The van der Waals surface area contributed by atoms with Crippen molar-refractivity contribution in [2.75, 3.05) is 39.4 Å². The van der Waals surface area contributed by atoms with Crippen LogP contribution in [0.5, 0.6) is 0 Å². The maximum absolute atomic E-state index is 15.2. The molecule has 1 aromatic rings. The number of alkyl halides is 1. The monoisotopic (exact) mass is 327 g/mol. The van der Waals surface area contributed by atoms with Gasteiger partial charge in [-0.15, -0.1) is 11.3 Å². The molecule has 22 heavy (non-hydrogen) atoms. The number of aromatic nitrogens is 1. The molecule has 0 N–H and O–H groups in total. The fourth-order valence-electron chi connectivity index (χ4n) is 3.14. The van der Waals surface area contributed by atoms with E-state index >= 15 is 4.39 Å². The van der Waals surface area contributed by atoms with Gasteiger partial charge in [0.25, 0.3) is 5.91 Å². The third-order valence-electron chi connectivity index (χ3n) is 4.42. The SMILES string of the molecule is Cc1ncsc1CN1CCCC(F)(C(=O)N2CCOCC2)C1. The maximum Gasteiger partial charge on any atom is 0.261 e. The second kappa shape index (κ2) is 6.60. The van der Waals surface area contributed by atoms with E-state index in [0.29, 0.717) is 45.7 Å². The Hall–Kier alpha value is -1.05. The van der Waals surface area contributed by atoms with Crippen molar-refractivity contribution in [2.24, 2.45) is 0 Å². The van der Waals surface area contributed by atoms with E-state index in [1.807, 2.05) is 17.3 Å².